The van der Waals surface area contributed by atoms with Gasteiger partial charge in [-0.25, -0.2) is 0 Å². The molecule has 3 atom stereocenters. The molecule has 0 saturated carbocycles. The van der Waals surface area contributed by atoms with Crippen LogP contribution >= 0.6 is 7.82 Å². The van der Waals surface area contributed by atoms with Crippen molar-refractivity contribution in [2.24, 2.45) is 0 Å². The highest BCUT2D eigenvalue weighted by Crippen LogP contribution is 2.38. The van der Waals surface area contributed by atoms with Crippen molar-refractivity contribution < 1.29 is 37.3 Å². The molecule has 1 N–H and O–H groups in total. The van der Waals surface area contributed by atoms with Crippen LogP contribution in [0.1, 0.15) is 239 Å². The SMILES string of the molecule is CC/C=C\C/C=C\C/C=C\C/C=C\C/C=C\C/C=C\CCCCCCCCC(=O)NC(COP(=O)([O-])OCC[N+](C)(C)C)C(/C=C\CCCCCCCCCCCCC)OC(=O)CC/C=C\C/C=C\C/C=C\C/C=C\C/C=C\C/C=C\CC. The van der Waals surface area contributed by atoms with Crippen LogP contribution < -0.4 is 10.2 Å². The van der Waals surface area contributed by atoms with Crippen LogP contribution in [-0.2, 0) is 27.9 Å². The van der Waals surface area contributed by atoms with E-state index in [-0.39, 0.29) is 25.4 Å². The minimum Gasteiger partial charge on any atom is -0.756 e. The maximum Gasteiger partial charge on any atom is 0.306 e. The Hall–Kier alpha value is -4.37. The summed E-state index contributed by atoms with van der Waals surface area (Å²) in [4.78, 5) is 40.1. The number of carbonyl (C=O) groups is 2. The van der Waals surface area contributed by atoms with Crippen molar-refractivity contribution in [1.29, 1.82) is 0 Å². The molecule has 0 fully saturated rings. The fourth-order valence-corrected chi connectivity index (χ4v) is 9.21. The van der Waals surface area contributed by atoms with Crippen LogP contribution in [0.25, 0.3) is 0 Å². The van der Waals surface area contributed by atoms with E-state index in [0.717, 1.165) is 135 Å². The lowest BCUT2D eigenvalue weighted by atomic mass is 10.0. The summed E-state index contributed by atoms with van der Waals surface area (Å²) in [6.07, 6.45) is 89.4. The van der Waals surface area contributed by atoms with Gasteiger partial charge in [0.1, 0.15) is 19.3 Å². The van der Waals surface area contributed by atoms with E-state index < -0.39 is 32.5 Å². The van der Waals surface area contributed by atoms with Crippen molar-refractivity contribution in [1.82, 2.24) is 5.32 Å². The van der Waals surface area contributed by atoms with Crippen molar-refractivity contribution in [2.75, 3.05) is 40.9 Å². The van der Waals surface area contributed by atoms with Gasteiger partial charge in [0.2, 0.25) is 5.91 Å². The van der Waals surface area contributed by atoms with Gasteiger partial charge in [0.05, 0.1) is 33.8 Å². The Morgan fingerprint density at radius 1 is 0.434 bits per heavy atom. The minimum atomic E-state index is -4.74. The summed E-state index contributed by atoms with van der Waals surface area (Å²) in [5.41, 5.74) is 0. The standard InChI is InChI=1S/C73H121N2O7P/c1-7-10-13-16-19-22-25-28-30-32-34-35-36-37-38-39-41-42-44-47-50-53-56-59-62-65-72(76)74-70(69-81-83(78,79)80-68-67-75(4,5)6)71(64-61-58-55-52-49-46-27-24-21-18-15-12-9-3)82-73(77)66-63-60-57-54-51-48-45-43-40-33-31-29-26-23-20-17-14-11-8-2/h10-11,13-14,19-20,22-23,28-31,34-35,37-38,40-43,48,51,57,60-61,64,70-71H,7-9,12,15-18,21,24-27,32-33,36,39,44-47,49-50,52-56,58-59,62-63,65-69H2,1-6H3,(H-,74,76,78,79)/b13-10-,14-11-,22-19-,23-20-,30-28-,31-29-,35-34-,38-37-,42-41-,43-40-,51-48-,60-57-,64-61-. The molecule has 3 unspecified atom stereocenters. The summed E-state index contributed by atoms with van der Waals surface area (Å²) < 4.78 is 30.3. The molecule has 470 valence electrons. The second-order valence-corrected chi connectivity index (χ2v) is 23.9. The number of phosphoric acid groups is 1. The Kier molecular flexibility index (Phi) is 57.5. The molecule has 9 nitrogen and oxygen atoms in total. The van der Waals surface area contributed by atoms with Crippen LogP contribution in [0.3, 0.4) is 0 Å². The highest BCUT2D eigenvalue weighted by atomic mass is 31.2. The average molecular weight is 1170 g/mol. The van der Waals surface area contributed by atoms with Crippen molar-refractivity contribution in [3.8, 4) is 0 Å². The van der Waals surface area contributed by atoms with E-state index in [1.165, 1.54) is 57.8 Å². The van der Waals surface area contributed by atoms with E-state index in [1.54, 1.807) is 6.08 Å². The zero-order valence-corrected chi connectivity index (χ0v) is 54.5. The van der Waals surface area contributed by atoms with Gasteiger partial charge in [-0.2, -0.15) is 0 Å². The van der Waals surface area contributed by atoms with E-state index in [4.69, 9.17) is 13.8 Å². The number of ether oxygens (including phenoxy) is 1. The fraction of sp³-hybridized carbons (Fsp3) is 0.616. The molecule has 0 radical (unpaired) electrons. The molecule has 0 aromatic heterocycles. The smallest absolute Gasteiger partial charge is 0.306 e. The molecule has 0 aromatic carbocycles. The molecule has 0 heterocycles. The van der Waals surface area contributed by atoms with Gasteiger partial charge in [-0.3, -0.25) is 14.2 Å². The number of amides is 1. The van der Waals surface area contributed by atoms with Gasteiger partial charge in [0, 0.05) is 12.8 Å². The molecular formula is C73H121N2O7P. The lowest BCUT2D eigenvalue weighted by molar-refractivity contribution is -0.870. The zero-order valence-electron chi connectivity index (χ0n) is 53.6. The third-order valence-electron chi connectivity index (χ3n) is 13.5. The van der Waals surface area contributed by atoms with Gasteiger partial charge in [-0.15, -0.1) is 0 Å². The molecule has 10 heteroatoms. The third kappa shape index (κ3) is 62.0. The van der Waals surface area contributed by atoms with Crippen LogP contribution in [0.15, 0.2) is 158 Å². The van der Waals surface area contributed by atoms with E-state index in [9.17, 15) is 19.0 Å². The van der Waals surface area contributed by atoms with Gasteiger partial charge in [0.15, 0.2) is 0 Å². The van der Waals surface area contributed by atoms with Crippen molar-refractivity contribution in [3.05, 3.63) is 158 Å². The van der Waals surface area contributed by atoms with Crippen LogP contribution in [0, 0.1) is 0 Å². The number of phosphoric ester groups is 1. The number of rotatable bonds is 57. The minimum absolute atomic E-state index is 0.0459. The Balaban J connectivity index is 5.36. The predicted molar refractivity (Wildman–Crippen MR) is 357 cm³/mol. The lowest BCUT2D eigenvalue weighted by Gasteiger charge is -2.30. The van der Waals surface area contributed by atoms with Crippen LogP contribution in [0.2, 0.25) is 0 Å². The van der Waals surface area contributed by atoms with Gasteiger partial charge in [-0.05, 0) is 122 Å². The summed E-state index contributed by atoms with van der Waals surface area (Å²) in [6.45, 7) is 6.54. The van der Waals surface area contributed by atoms with Crippen LogP contribution in [0.4, 0.5) is 0 Å². The number of hydrogen-bond donors (Lipinski definition) is 1. The van der Waals surface area contributed by atoms with Gasteiger partial charge < -0.3 is 28.5 Å². The monoisotopic (exact) mass is 1170 g/mol. The topological polar surface area (TPSA) is 114 Å². The van der Waals surface area contributed by atoms with Crippen molar-refractivity contribution in [2.45, 2.75) is 251 Å². The van der Waals surface area contributed by atoms with E-state index >= 15 is 0 Å². The number of nitrogens with one attached hydrogen (secondary N) is 1. The Morgan fingerprint density at radius 3 is 1.18 bits per heavy atom. The zero-order chi connectivity index (χ0) is 60.7. The van der Waals surface area contributed by atoms with E-state index in [0.29, 0.717) is 23.9 Å². The van der Waals surface area contributed by atoms with Gasteiger partial charge in [0.25, 0.3) is 7.82 Å². The molecule has 0 saturated heterocycles. The summed E-state index contributed by atoms with van der Waals surface area (Å²) in [6, 6.07) is -0.941. The second-order valence-electron chi connectivity index (χ2n) is 22.5. The molecule has 0 aliphatic rings. The molecule has 0 rings (SSSR count). The normalized spacial score (nSPS) is 14.6. The Morgan fingerprint density at radius 2 is 0.783 bits per heavy atom. The number of hydrogen-bond acceptors (Lipinski definition) is 7. The highest BCUT2D eigenvalue weighted by Gasteiger charge is 2.27. The molecule has 1 amide bonds. The Bertz CT molecular complexity index is 1980. The first kappa shape index (κ1) is 78.6. The number of quaternary nitrogens is 1. The summed E-state index contributed by atoms with van der Waals surface area (Å²) in [7, 11) is 1.11. The molecular weight excluding hydrogens is 1050 g/mol. The first-order valence-electron chi connectivity index (χ1n) is 32.8. The maximum atomic E-state index is 13.6. The van der Waals surface area contributed by atoms with Gasteiger partial charge in [-0.1, -0.05) is 263 Å². The fourth-order valence-electron chi connectivity index (χ4n) is 8.49. The van der Waals surface area contributed by atoms with Gasteiger partial charge >= 0.3 is 5.97 Å². The molecule has 0 aliphatic carbocycles. The molecule has 0 bridgehead atoms. The van der Waals surface area contributed by atoms with Crippen molar-refractivity contribution in [3.63, 3.8) is 0 Å². The van der Waals surface area contributed by atoms with Crippen LogP contribution in [0.5, 0.6) is 0 Å². The molecule has 83 heavy (non-hydrogen) atoms. The number of allylic oxidation sites excluding steroid dienone is 25. The highest BCUT2D eigenvalue weighted by molar-refractivity contribution is 7.45. The summed E-state index contributed by atoms with van der Waals surface area (Å²) in [5.74, 6) is -0.667. The average Bonchev–Trinajstić information content (AvgIpc) is 3.46. The summed E-state index contributed by atoms with van der Waals surface area (Å²) in [5, 5.41) is 3.00. The quantitative estimate of drug-likeness (QED) is 0.0212. The number of unbranched alkanes of at least 4 members (excludes halogenated alkanes) is 17. The number of likely N-dealkylation sites (N-methyl/N-ethyl adjacent to an activating group) is 1. The number of nitrogens with zero attached hydrogens (tertiary/aromatic N) is 1. The molecule has 0 spiro atoms. The second kappa shape index (κ2) is 60.7. The third-order valence-corrected chi connectivity index (χ3v) is 14.4. The largest absolute Gasteiger partial charge is 0.756 e. The Labute approximate surface area is 510 Å². The predicted octanol–water partition coefficient (Wildman–Crippen LogP) is 20.1. The van der Waals surface area contributed by atoms with Crippen LogP contribution in [-0.4, -0.2) is 69.4 Å². The molecule has 0 aromatic rings. The van der Waals surface area contributed by atoms with Crippen molar-refractivity contribution >= 4 is 19.7 Å². The number of carbonyl (C=O) groups excluding carboxylic acids is 2. The first-order chi connectivity index (χ1) is 40.4. The number of esters is 1. The van der Waals surface area contributed by atoms with E-state index in [1.807, 2.05) is 39.4 Å². The lowest BCUT2D eigenvalue weighted by Crippen LogP contribution is -2.47. The molecule has 0 aliphatic heterocycles. The maximum absolute atomic E-state index is 13.6. The summed E-state index contributed by atoms with van der Waals surface area (Å²) >= 11 is 0. The first-order valence-corrected chi connectivity index (χ1v) is 34.3. The van der Waals surface area contributed by atoms with E-state index in [2.05, 4.69) is 160 Å².